The Balaban J connectivity index is 1.96. The van der Waals surface area contributed by atoms with E-state index in [1.54, 1.807) is 0 Å². The van der Waals surface area contributed by atoms with E-state index in [0.717, 1.165) is 24.3 Å². The van der Waals surface area contributed by atoms with Gasteiger partial charge in [0.05, 0.1) is 16.6 Å². The van der Waals surface area contributed by atoms with Gasteiger partial charge in [0.25, 0.3) is 10.0 Å². The summed E-state index contributed by atoms with van der Waals surface area (Å²) in [7, 11) is -4.09. The molecule has 1 aromatic heterocycles. The molecule has 0 aliphatic heterocycles. The van der Waals surface area contributed by atoms with Crippen LogP contribution in [0.15, 0.2) is 50.6 Å². The summed E-state index contributed by atoms with van der Waals surface area (Å²) in [5, 5.41) is 0. The topological polar surface area (TPSA) is 94.8 Å². The van der Waals surface area contributed by atoms with Crippen molar-refractivity contribution in [2.75, 3.05) is 4.72 Å². The summed E-state index contributed by atoms with van der Waals surface area (Å²) in [6.45, 7) is 0. The van der Waals surface area contributed by atoms with Crippen LogP contribution in [0.3, 0.4) is 0 Å². The van der Waals surface area contributed by atoms with Gasteiger partial charge in [0, 0.05) is 10.2 Å². The van der Waals surface area contributed by atoms with E-state index < -0.39 is 27.5 Å². The average molecular weight is 436 g/mol. The Hall–Kier alpha value is -2.27. The number of alkyl halides is 3. The summed E-state index contributed by atoms with van der Waals surface area (Å²) >= 11 is 3.11. The number of fused-ring (bicyclic) bond motifs is 1. The molecule has 0 bridgehead atoms. The van der Waals surface area contributed by atoms with Gasteiger partial charge in [-0.15, -0.1) is 0 Å². The molecule has 132 valence electrons. The zero-order valence-electron chi connectivity index (χ0n) is 12.1. The largest absolute Gasteiger partial charge is 0.416 e. The van der Waals surface area contributed by atoms with Gasteiger partial charge in [-0.1, -0.05) is 0 Å². The van der Waals surface area contributed by atoms with E-state index in [1.807, 2.05) is 0 Å². The molecular weight excluding hydrogens is 427 g/mol. The predicted octanol–water partition coefficient (Wildman–Crippen LogP) is 3.44. The molecule has 1 heterocycles. The summed E-state index contributed by atoms with van der Waals surface area (Å²) < 4.78 is 65.0. The third-order valence-corrected chi connectivity index (χ3v) is 5.66. The summed E-state index contributed by atoms with van der Waals surface area (Å²) in [6.07, 6.45) is -4.51. The van der Waals surface area contributed by atoms with Crippen molar-refractivity contribution in [1.82, 2.24) is 9.97 Å². The van der Waals surface area contributed by atoms with Crippen molar-refractivity contribution in [3.05, 3.63) is 56.9 Å². The number of hydrogen-bond donors (Lipinski definition) is 3. The molecule has 11 heteroatoms. The minimum atomic E-state index is -4.51. The second kappa shape index (κ2) is 5.92. The second-order valence-electron chi connectivity index (χ2n) is 5.09. The van der Waals surface area contributed by atoms with Crippen molar-refractivity contribution in [2.24, 2.45) is 0 Å². The Morgan fingerprint density at radius 3 is 2.12 bits per heavy atom. The molecule has 2 aromatic carbocycles. The van der Waals surface area contributed by atoms with Crippen LogP contribution < -0.4 is 10.4 Å². The van der Waals surface area contributed by atoms with Crippen LogP contribution in [0, 0.1) is 0 Å². The van der Waals surface area contributed by atoms with E-state index in [2.05, 4.69) is 30.6 Å². The van der Waals surface area contributed by atoms with Gasteiger partial charge in [-0.2, -0.15) is 13.2 Å². The number of halogens is 4. The van der Waals surface area contributed by atoms with E-state index in [0.29, 0.717) is 5.52 Å². The molecular formula is C14H9BrF3N3O3S. The first-order chi connectivity index (χ1) is 11.6. The van der Waals surface area contributed by atoms with Crippen LogP contribution in [-0.2, 0) is 16.2 Å². The van der Waals surface area contributed by atoms with Crippen molar-refractivity contribution in [1.29, 1.82) is 0 Å². The Morgan fingerprint density at radius 1 is 1.00 bits per heavy atom. The highest BCUT2D eigenvalue weighted by atomic mass is 79.9. The molecule has 0 radical (unpaired) electrons. The molecule has 3 N–H and O–H groups in total. The van der Waals surface area contributed by atoms with Crippen LogP contribution in [0.1, 0.15) is 5.56 Å². The molecule has 3 aromatic rings. The van der Waals surface area contributed by atoms with Crippen LogP contribution in [0.2, 0.25) is 0 Å². The van der Waals surface area contributed by atoms with Crippen LogP contribution in [0.25, 0.3) is 11.0 Å². The average Bonchev–Trinajstić information content (AvgIpc) is 2.84. The van der Waals surface area contributed by atoms with Crippen molar-refractivity contribution in [3.63, 3.8) is 0 Å². The van der Waals surface area contributed by atoms with Gasteiger partial charge in [0.15, 0.2) is 0 Å². The fraction of sp³-hybridized carbons (Fsp3) is 0.0714. The van der Waals surface area contributed by atoms with Crippen molar-refractivity contribution in [3.8, 4) is 0 Å². The molecule has 0 fully saturated rings. The van der Waals surface area contributed by atoms with E-state index in [9.17, 15) is 26.4 Å². The molecule has 0 amide bonds. The lowest BCUT2D eigenvalue weighted by atomic mass is 10.2. The van der Waals surface area contributed by atoms with Gasteiger partial charge in [-0.3, -0.25) is 4.72 Å². The molecule has 25 heavy (non-hydrogen) atoms. The Labute approximate surface area is 147 Å². The first kappa shape index (κ1) is 17.5. The summed E-state index contributed by atoms with van der Waals surface area (Å²) in [4.78, 5) is 16.0. The van der Waals surface area contributed by atoms with Gasteiger partial charge in [-0.25, -0.2) is 13.2 Å². The molecule has 0 saturated carbocycles. The fourth-order valence-corrected chi connectivity index (χ4v) is 4.31. The number of rotatable bonds is 3. The molecule has 6 nitrogen and oxygen atoms in total. The highest BCUT2D eigenvalue weighted by molar-refractivity contribution is 9.10. The standard InChI is InChI=1S/C14H9BrF3N3O3S/c15-9-5-10-11(20-13(22)19-10)6-12(9)25(23,24)21-8-3-1-7(2-4-8)14(16,17)18/h1-6,21H,(H2,19,20,22). The van der Waals surface area contributed by atoms with Gasteiger partial charge in [0.1, 0.15) is 4.90 Å². The molecule has 3 rings (SSSR count). The monoisotopic (exact) mass is 435 g/mol. The van der Waals surface area contributed by atoms with Crippen molar-refractivity contribution < 1.29 is 21.6 Å². The molecule has 0 aliphatic rings. The minimum absolute atomic E-state index is 0.0254. The lowest BCUT2D eigenvalue weighted by Crippen LogP contribution is -2.14. The van der Waals surface area contributed by atoms with E-state index in [4.69, 9.17) is 0 Å². The number of anilines is 1. The first-order valence-corrected chi connectivity index (χ1v) is 8.95. The summed E-state index contributed by atoms with van der Waals surface area (Å²) in [5.41, 5.74) is -0.719. The van der Waals surface area contributed by atoms with E-state index in [1.165, 1.54) is 12.1 Å². The summed E-state index contributed by atoms with van der Waals surface area (Å²) in [5.74, 6) is 0. The van der Waals surface area contributed by atoms with Crippen molar-refractivity contribution in [2.45, 2.75) is 11.1 Å². The number of sulfonamides is 1. The number of hydrogen-bond acceptors (Lipinski definition) is 3. The van der Waals surface area contributed by atoms with E-state index in [-0.39, 0.29) is 20.6 Å². The van der Waals surface area contributed by atoms with Gasteiger partial charge >= 0.3 is 11.9 Å². The Morgan fingerprint density at radius 2 is 1.56 bits per heavy atom. The number of nitrogens with one attached hydrogen (secondary N) is 3. The quantitative estimate of drug-likeness (QED) is 0.587. The fourth-order valence-electron chi connectivity index (χ4n) is 2.18. The van der Waals surface area contributed by atoms with Gasteiger partial charge < -0.3 is 9.97 Å². The first-order valence-electron chi connectivity index (χ1n) is 6.68. The number of aromatic amines is 2. The predicted molar refractivity (Wildman–Crippen MR) is 88.9 cm³/mol. The number of imidazole rings is 1. The third kappa shape index (κ3) is 3.56. The zero-order valence-corrected chi connectivity index (χ0v) is 14.5. The maximum Gasteiger partial charge on any atom is 0.416 e. The van der Waals surface area contributed by atoms with Crippen molar-refractivity contribution >= 4 is 42.7 Å². The van der Waals surface area contributed by atoms with Gasteiger partial charge in [0.2, 0.25) is 0 Å². The maximum atomic E-state index is 12.5. The van der Waals surface area contributed by atoms with Crippen LogP contribution in [0.5, 0.6) is 0 Å². The number of H-pyrrole nitrogens is 2. The molecule has 0 saturated heterocycles. The second-order valence-corrected chi connectivity index (χ2v) is 7.59. The minimum Gasteiger partial charge on any atom is -0.306 e. The molecule has 0 spiro atoms. The van der Waals surface area contributed by atoms with E-state index >= 15 is 0 Å². The SMILES string of the molecule is O=c1[nH]c2cc(Br)c(S(=O)(=O)Nc3ccc(C(F)(F)F)cc3)cc2[nH]1. The number of benzene rings is 2. The third-order valence-electron chi connectivity index (χ3n) is 3.32. The van der Waals surface area contributed by atoms with Crippen LogP contribution in [0.4, 0.5) is 18.9 Å². The molecule has 0 aliphatic carbocycles. The normalized spacial score (nSPS) is 12.5. The smallest absolute Gasteiger partial charge is 0.306 e. The molecule has 0 unspecified atom stereocenters. The highest BCUT2D eigenvalue weighted by Gasteiger charge is 2.30. The Bertz CT molecular complexity index is 1100. The molecule has 0 atom stereocenters. The Kier molecular flexibility index (Phi) is 4.15. The zero-order chi connectivity index (χ0) is 18.4. The lowest BCUT2D eigenvalue weighted by Gasteiger charge is -2.11. The summed E-state index contributed by atoms with van der Waals surface area (Å²) in [6, 6.07) is 6.24. The lowest BCUT2D eigenvalue weighted by molar-refractivity contribution is -0.137. The van der Waals surface area contributed by atoms with Gasteiger partial charge in [-0.05, 0) is 52.3 Å². The highest BCUT2D eigenvalue weighted by Crippen LogP contribution is 2.31. The maximum absolute atomic E-state index is 12.5. The van der Waals surface area contributed by atoms with Crippen LogP contribution in [-0.4, -0.2) is 18.4 Å². The number of aromatic nitrogens is 2. The van der Waals surface area contributed by atoms with Crippen LogP contribution >= 0.6 is 15.9 Å².